The molecule has 0 saturated heterocycles. The number of methoxy groups -OCH3 is 1. The molecule has 0 spiro atoms. The minimum atomic E-state index is 0.140. The SMILES string of the molecule is COc1cccc(-c2c(CCO)sc3nccn23)c1. The minimum Gasteiger partial charge on any atom is -0.497 e. The maximum atomic E-state index is 9.21. The molecule has 3 aromatic rings. The largest absolute Gasteiger partial charge is 0.497 e. The molecule has 2 aromatic heterocycles. The number of rotatable bonds is 4. The fourth-order valence-corrected chi connectivity index (χ4v) is 3.26. The highest BCUT2D eigenvalue weighted by Crippen LogP contribution is 2.33. The number of fused-ring (bicyclic) bond motifs is 1. The Labute approximate surface area is 114 Å². The zero-order valence-corrected chi connectivity index (χ0v) is 11.4. The van der Waals surface area contributed by atoms with Crippen molar-refractivity contribution in [3.63, 3.8) is 0 Å². The zero-order valence-electron chi connectivity index (χ0n) is 10.5. The molecule has 2 heterocycles. The summed E-state index contributed by atoms with van der Waals surface area (Å²) in [7, 11) is 1.66. The van der Waals surface area contributed by atoms with Gasteiger partial charge in [-0.2, -0.15) is 0 Å². The van der Waals surface area contributed by atoms with Gasteiger partial charge in [0, 0.05) is 35.9 Å². The first-order chi connectivity index (χ1) is 9.33. The standard InChI is InChI=1S/C14H14N2O2S/c1-18-11-4-2-3-10(9-11)13-12(5-8-17)19-14-15-6-7-16(13)14/h2-4,6-7,9,17H,5,8H2,1H3. The third kappa shape index (κ3) is 2.11. The highest BCUT2D eigenvalue weighted by Gasteiger charge is 2.14. The molecule has 0 radical (unpaired) electrons. The maximum absolute atomic E-state index is 9.21. The highest BCUT2D eigenvalue weighted by molar-refractivity contribution is 7.17. The summed E-state index contributed by atoms with van der Waals surface area (Å²) in [5.74, 6) is 0.826. The van der Waals surface area contributed by atoms with E-state index in [-0.39, 0.29) is 6.61 Å². The summed E-state index contributed by atoms with van der Waals surface area (Å²) in [5, 5.41) is 9.21. The molecule has 0 amide bonds. The second-order valence-corrected chi connectivity index (χ2v) is 5.22. The summed E-state index contributed by atoms with van der Waals surface area (Å²) >= 11 is 1.61. The number of aromatic nitrogens is 2. The summed E-state index contributed by atoms with van der Waals surface area (Å²) in [6.07, 6.45) is 4.38. The molecule has 1 N–H and O–H groups in total. The Hall–Kier alpha value is -1.85. The number of thiazole rings is 1. The molecular weight excluding hydrogens is 260 g/mol. The van der Waals surface area contributed by atoms with Gasteiger partial charge in [-0.05, 0) is 12.1 Å². The van der Waals surface area contributed by atoms with Crippen molar-refractivity contribution in [1.29, 1.82) is 0 Å². The van der Waals surface area contributed by atoms with Gasteiger partial charge in [-0.3, -0.25) is 4.40 Å². The number of nitrogens with zero attached hydrogens (tertiary/aromatic N) is 2. The van der Waals surface area contributed by atoms with Crippen LogP contribution in [0.15, 0.2) is 36.7 Å². The first kappa shape index (κ1) is 12.2. The van der Waals surface area contributed by atoms with Crippen molar-refractivity contribution in [2.45, 2.75) is 6.42 Å². The fourth-order valence-electron chi connectivity index (χ4n) is 2.17. The minimum absolute atomic E-state index is 0.140. The van der Waals surface area contributed by atoms with Gasteiger partial charge >= 0.3 is 0 Å². The van der Waals surface area contributed by atoms with E-state index in [1.54, 1.807) is 24.6 Å². The molecule has 0 unspecified atom stereocenters. The van der Waals surface area contributed by atoms with Crippen molar-refractivity contribution in [2.75, 3.05) is 13.7 Å². The second-order valence-electron chi connectivity index (χ2n) is 4.16. The Morgan fingerprint density at radius 2 is 2.32 bits per heavy atom. The van der Waals surface area contributed by atoms with Crippen molar-refractivity contribution in [3.05, 3.63) is 41.5 Å². The molecule has 0 atom stereocenters. The van der Waals surface area contributed by atoms with Gasteiger partial charge < -0.3 is 9.84 Å². The van der Waals surface area contributed by atoms with E-state index in [2.05, 4.69) is 9.38 Å². The lowest BCUT2D eigenvalue weighted by Crippen LogP contribution is -1.93. The molecular formula is C14H14N2O2S. The third-order valence-corrected chi connectivity index (χ3v) is 4.14. The smallest absolute Gasteiger partial charge is 0.194 e. The molecule has 0 aliphatic heterocycles. The molecule has 0 aliphatic rings. The zero-order chi connectivity index (χ0) is 13.2. The molecule has 4 nitrogen and oxygen atoms in total. The van der Waals surface area contributed by atoms with Crippen molar-refractivity contribution in [3.8, 4) is 17.0 Å². The monoisotopic (exact) mass is 274 g/mol. The average molecular weight is 274 g/mol. The lowest BCUT2D eigenvalue weighted by atomic mass is 10.1. The van der Waals surface area contributed by atoms with Crippen LogP contribution in [0, 0.1) is 0 Å². The van der Waals surface area contributed by atoms with Crippen LogP contribution >= 0.6 is 11.3 Å². The number of aliphatic hydroxyl groups is 1. The molecule has 0 fully saturated rings. The summed E-state index contributed by atoms with van der Waals surface area (Å²) in [6, 6.07) is 7.94. The van der Waals surface area contributed by atoms with Gasteiger partial charge in [0.1, 0.15) is 5.75 Å². The van der Waals surface area contributed by atoms with Crippen molar-refractivity contribution < 1.29 is 9.84 Å². The first-order valence-electron chi connectivity index (χ1n) is 6.03. The Morgan fingerprint density at radius 3 is 3.11 bits per heavy atom. The molecule has 0 aliphatic carbocycles. The van der Waals surface area contributed by atoms with Crippen molar-refractivity contribution >= 4 is 16.3 Å². The molecule has 1 aromatic carbocycles. The molecule has 5 heteroatoms. The predicted octanol–water partition coefficient (Wildman–Crippen LogP) is 2.61. The normalized spacial score (nSPS) is 11.1. The van der Waals surface area contributed by atoms with Crippen LogP contribution < -0.4 is 4.74 Å². The molecule has 0 bridgehead atoms. The van der Waals surface area contributed by atoms with E-state index in [0.29, 0.717) is 6.42 Å². The number of ether oxygens (including phenoxy) is 1. The maximum Gasteiger partial charge on any atom is 0.194 e. The predicted molar refractivity (Wildman–Crippen MR) is 75.8 cm³/mol. The van der Waals surface area contributed by atoms with Crippen LogP contribution in [0.5, 0.6) is 5.75 Å². The summed E-state index contributed by atoms with van der Waals surface area (Å²) < 4.78 is 7.34. The number of hydrogen-bond donors (Lipinski definition) is 1. The van der Waals surface area contributed by atoms with Crippen LogP contribution in [-0.4, -0.2) is 28.2 Å². The first-order valence-corrected chi connectivity index (χ1v) is 6.85. The van der Waals surface area contributed by atoms with Crippen molar-refractivity contribution in [1.82, 2.24) is 9.38 Å². The van der Waals surface area contributed by atoms with Gasteiger partial charge in [-0.15, -0.1) is 11.3 Å². The van der Waals surface area contributed by atoms with E-state index in [1.165, 1.54) is 0 Å². The number of aliphatic hydroxyl groups excluding tert-OH is 1. The van der Waals surface area contributed by atoms with E-state index < -0.39 is 0 Å². The van der Waals surface area contributed by atoms with Crippen LogP contribution in [0.1, 0.15) is 4.88 Å². The molecule has 0 saturated carbocycles. The Morgan fingerprint density at radius 1 is 1.42 bits per heavy atom. The van der Waals surface area contributed by atoms with E-state index >= 15 is 0 Å². The molecule has 3 rings (SSSR count). The summed E-state index contributed by atoms with van der Waals surface area (Å²) in [4.78, 5) is 6.40. The molecule has 19 heavy (non-hydrogen) atoms. The second kappa shape index (κ2) is 5.03. The summed E-state index contributed by atoms with van der Waals surface area (Å²) in [6.45, 7) is 0.140. The average Bonchev–Trinajstić information content (AvgIpc) is 2.99. The van der Waals surface area contributed by atoms with E-state index in [9.17, 15) is 5.11 Å². The third-order valence-electron chi connectivity index (χ3n) is 3.01. The molecule has 98 valence electrons. The van der Waals surface area contributed by atoms with E-state index in [1.807, 2.05) is 30.5 Å². The Balaban J connectivity index is 2.20. The van der Waals surface area contributed by atoms with Gasteiger partial charge in [-0.25, -0.2) is 4.98 Å². The van der Waals surface area contributed by atoms with Gasteiger partial charge in [-0.1, -0.05) is 12.1 Å². The lowest BCUT2D eigenvalue weighted by molar-refractivity contribution is 0.300. The number of hydrogen-bond acceptors (Lipinski definition) is 4. The lowest BCUT2D eigenvalue weighted by Gasteiger charge is -2.06. The van der Waals surface area contributed by atoms with Gasteiger partial charge in [0.15, 0.2) is 4.96 Å². The van der Waals surface area contributed by atoms with Crippen LogP contribution in [-0.2, 0) is 6.42 Å². The van der Waals surface area contributed by atoms with Crippen LogP contribution in [0.4, 0.5) is 0 Å². The quantitative estimate of drug-likeness (QED) is 0.795. The van der Waals surface area contributed by atoms with Crippen molar-refractivity contribution in [2.24, 2.45) is 0 Å². The van der Waals surface area contributed by atoms with E-state index in [0.717, 1.165) is 26.8 Å². The van der Waals surface area contributed by atoms with Gasteiger partial charge in [0.2, 0.25) is 0 Å². The Kier molecular flexibility index (Phi) is 3.23. The Bertz CT molecular complexity index is 702. The van der Waals surface area contributed by atoms with Gasteiger partial charge in [0.25, 0.3) is 0 Å². The number of benzene rings is 1. The summed E-state index contributed by atoms with van der Waals surface area (Å²) in [5.41, 5.74) is 2.16. The van der Waals surface area contributed by atoms with Gasteiger partial charge in [0.05, 0.1) is 12.8 Å². The van der Waals surface area contributed by atoms with Crippen LogP contribution in [0.25, 0.3) is 16.2 Å². The van der Waals surface area contributed by atoms with Crippen LogP contribution in [0.2, 0.25) is 0 Å². The van der Waals surface area contributed by atoms with E-state index in [4.69, 9.17) is 4.74 Å². The van der Waals surface area contributed by atoms with Crippen LogP contribution in [0.3, 0.4) is 0 Å². The topological polar surface area (TPSA) is 46.8 Å². The number of imidazole rings is 1. The highest BCUT2D eigenvalue weighted by atomic mass is 32.1. The fraction of sp³-hybridized carbons (Fsp3) is 0.214.